The molecule has 0 aliphatic rings. The second-order valence-electron chi connectivity index (χ2n) is 6.90. The van der Waals surface area contributed by atoms with Gasteiger partial charge in [0, 0.05) is 23.6 Å². The lowest BCUT2D eigenvalue weighted by Crippen LogP contribution is -2.48. The van der Waals surface area contributed by atoms with E-state index < -0.39 is 52.8 Å². The number of alkyl halides is 3. The van der Waals surface area contributed by atoms with Gasteiger partial charge in [0.2, 0.25) is 5.91 Å². The molecule has 33 heavy (non-hydrogen) atoms. The fraction of sp³-hybridized carbons (Fsp3) is 0.286. The molecule has 2 aromatic carbocycles. The number of carbonyl (C=O) groups is 3. The average Bonchev–Trinajstić information content (AvgIpc) is 2.75. The van der Waals surface area contributed by atoms with Crippen LogP contribution in [-0.2, 0) is 20.5 Å². The summed E-state index contributed by atoms with van der Waals surface area (Å²) in [5, 5.41) is 13.2. The average molecular weight is 467 g/mol. The second-order valence-corrected chi connectivity index (χ2v) is 6.90. The van der Waals surface area contributed by atoms with E-state index in [9.17, 15) is 37.7 Å². The Morgan fingerprint density at radius 1 is 1.15 bits per heavy atom. The molecule has 0 aliphatic heterocycles. The van der Waals surface area contributed by atoms with Gasteiger partial charge in [-0.3, -0.25) is 24.5 Å². The third kappa shape index (κ3) is 6.76. The highest BCUT2D eigenvalue weighted by Crippen LogP contribution is 2.30. The third-order valence-electron chi connectivity index (χ3n) is 4.67. The van der Waals surface area contributed by atoms with Crippen molar-refractivity contribution >= 4 is 23.5 Å². The standard InChI is InChI=1S/C21H20F3N3O6/c1-2-33-17(28)11-16(12-6-8-15(9-7-12)27(31)32)18(19(25)29)26-20(30)13-4-3-5-14(10-13)21(22,23)24/h3-10,16,18H,2,11H2,1H3,(H2,25,29)(H,26,30)/t16-,18-/m1/s1. The van der Waals surface area contributed by atoms with Crippen molar-refractivity contribution in [2.75, 3.05) is 6.61 Å². The van der Waals surface area contributed by atoms with Crippen LogP contribution in [0, 0.1) is 10.1 Å². The Balaban J connectivity index is 2.40. The Morgan fingerprint density at radius 2 is 1.79 bits per heavy atom. The monoisotopic (exact) mass is 467 g/mol. The van der Waals surface area contributed by atoms with Gasteiger partial charge in [-0.05, 0) is 30.7 Å². The highest BCUT2D eigenvalue weighted by atomic mass is 19.4. The summed E-state index contributed by atoms with van der Waals surface area (Å²) in [5.41, 5.74) is 3.99. The number of amides is 2. The zero-order valence-corrected chi connectivity index (χ0v) is 17.3. The van der Waals surface area contributed by atoms with Crippen LogP contribution in [0.25, 0.3) is 0 Å². The SMILES string of the molecule is CCOC(=O)C[C@H](c1ccc([N+](=O)[O-])cc1)[C@@H](NC(=O)c1cccc(C(F)(F)F)c1)C(N)=O. The number of hydrogen-bond donors (Lipinski definition) is 2. The molecule has 9 nitrogen and oxygen atoms in total. The third-order valence-corrected chi connectivity index (χ3v) is 4.67. The Hall–Kier alpha value is -3.96. The molecule has 2 atom stereocenters. The Bertz CT molecular complexity index is 1040. The molecule has 2 amide bonds. The van der Waals surface area contributed by atoms with Gasteiger partial charge in [0.1, 0.15) is 6.04 Å². The number of ether oxygens (including phenoxy) is 1. The first-order chi connectivity index (χ1) is 15.4. The van der Waals surface area contributed by atoms with Gasteiger partial charge in [-0.2, -0.15) is 13.2 Å². The van der Waals surface area contributed by atoms with Gasteiger partial charge in [-0.15, -0.1) is 0 Å². The number of esters is 1. The van der Waals surface area contributed by atoms with Crippen LogP contribution in [0.3, 0.4) is 0 Å². The lowest BCUT2D eigenvalue weighted by molar-refractivity contribution is -0.384. The minimum Gasteiger partial charge on any atom is -0.466 e. The van der Waals surface area contributed by atoms with Crippen LogP contribution in [0.15, 0.2) is 48.5 Å². The van der Waals surface area contributed by atoms with Gasteiger partial charge in [-0.25, -0.2) is 0 Å². The molecule has 0 radical (unpaired) electrons. The smallest absolute Gasteiger partial charge is 0.416 e. The van der Waals surface area contributed by atoms with Gasteiger partial charge < -0.3 is 15.8 Å². The largest absolute Gasteiger partial charge is 0.466 e. The molecular weight excluding hydrogens is 447 g/mol. The number of nitro benzene ring substituents is 1. The van der Waals surface area contributed by atoms with Crippen LogP contribution >= 0.6 is 0 Å². The minimum absolute atomic E-state index is 0.0314. The molecule has 0 bridgehead atoms. The summed E-state index contributed by atoms with van der Waals surface area (Å²) < 4.78 is 43.8. The molecule has 0 fully saturated rings. The van der Waals surface area contributed by atoms with E-state index >= 15 is 0 Å². The summed E-state index contributed by atoms with van der Waals surface area (Å²) in [6, 6.07) is 6.86. The summed E-state index contributed by atoms with van der Waals surface area (Å²) in [7, 11) is 0. The highest BCUT2D eigenvalue weighted by molar-refractivity contribution is 5.98. The first kappa shape index (κ1) is 25.3. The van der Waals surface area contributed by atoms with Gasteiger partial charge in [0.05, 0.1) is 23.5 Å². The Morgan fingerprint density at radius 3 is 2.30 bits per heavy atom. The summed E-state index contributed by atoms with van der Waals surface area (Å²) in [4.78, 5) is 47.2. The second kappa shape index (κ2) is 10.6. The Labute approximate surface area is 185 Å². The first-order valence-corrected chi connectivity index (χ1v) is 9.61. The van der Waals surface area contributed by atoms with Gasteiger partial charge in [0.25, 0.3) is 11.6 Å². The van der Waals surface area contributed by atoms with Crippen molar-refractivity contribution in [3.8, 4) is 0 Å². The normalized spacial score (nSPS) is 13.0. The van der Waals surface area contributed by atoms with Gasteiger partial charge >= 0.3 is 12.1 Å². The maximum atomic E-state index is 13.0. The number of nitrogens with two attached hydrogens (primary N) is 1. The maximum absolute atomic E-state index is 13.0. The predicted octanol–water partition coefficient (Wildman–Crippen LogP) is 2.93. The lowest BCUT2D eigenvalue weighted by Gasteiger charge is -2.25. The highest BCUT2D eigenvalue weighted by Gasteiger charge is 2.34. The number of halogens is 3. The van der Waals surface area contributed by atoms with Crippen LogP contribution in [0.5, 0.6) is 0 Å². The number of hydrogen-bond acceptors (Lipinski definition) is 6. The molecule has 0 unspecified atom stereocenters. The van der Waals surface area contributed by atoms with Crippen LogP contribution < -0.4 is 11.1 Å². The van der Waals surface area contributed by atoms with E-state index in [1.54, 1.807) is 6.92 Å². The van der Waals surface area contributed by atoms with Crippen molar-refractivity contribution in [3.05, 3.63) is 75.3 Å². The lowest BCUT2D eigenvalue weighted by atomic mass is 9.87. The number of carbonyl (C=O) groups excluding carboxylic acids is 3. The maximum Gasteiger partial charge on any atom is 0.416 e. The van der Waals surface area contributed by atoms with Crippen molar-refractivity contribution in [2.45, 2.75) is 31.5 Å². The first-order valence-electron chi connectivity index (χ1n) is 9.61. The number of nitro groups is 1. The van der Waals surface area contributed by atoms with E-state index in [-0.39, 0.29) is 23.4 Å². The molecule has 0 spiro atoms. The van der Waals surface area contributed by atoms with Crippen LogP contribution in [0.1, 0.15) is 40.7 Å². The molecule has 0 saturated carbocycles. The van der Waals surface area contributed by atoms with Gasteiger partial charge in [0.15, 0.2) is 0 Å². The van der Waals surface area contributed by atoms with Crippen molar-refractivity contribution in [3.63, 3.8) is 0 Å². The summed E-state index contributed by atoms with van der Waals surface area (Å²) in [6.45, 7) is 1.59. The van der Waals surface area contributed by atoms with E-state index in [1.165, 1.54) is 12.1 Å². The molecule has 176 valence electrons. The molecule has 3 N–H and O–H groups in total. The van der Waals surface area contributed by atoms with Gasteiger partial charge in [-0.1, -0.05) is 18.2 Å². The zero-order valence-electron chi connectivity index (χ0n) is 17.3. The number of non-ortho nitro benzene ring substituents is 1. The van der Waals surface area contributed by atoms with E-state index in [2.05, 4.69) is 5.32 Å². The van der Waals surface area contributed by atoms with Crippen molar-refractivity contribution in [1.82, 2.24) is 5.32 Å². The van der Waals surface area contributed by atoms with Crippen molar-refractivity contribution in [2.24, 2.45) is 5.73 Å². The molecule has 0 aromatic heterocycles. The summed E-state index contributed by atoms with van der Waals surface area (Å²) >= 11 is 0. The van der Waals surface area contributed by atoms with Crippen molar-refractivity contribution < 1.29 is 37.2 Å². The molecule has 0 heterocycles. The molecular formula is C21H20F3N3O6. The quantitative estimate of drug-likeness (QED) is 0.330. The van der Waals surface area contributed by atoms with E-state index in [1.807, 2.05) is 0 Å². The van der Waals surface area contributed by atoms with E-state index in [0.29, 0.717) is 6.07 Å². The molecule has 2 rings (SSSR count). The van der Waals surface area contributed by atoms with Crippen LogP contribution in [0.4, 0.5) is 18.9 Å². The van der Waals surface area contributed by atoms with Crippen LogP contribution in [-0.4, -0.2) is 35.4 Å². The zero-order chi connectivity index (χ0) is 24.8. The fourth-order valence-corrected chi connectivity index (χ4v) is 3.10. The number of primary amides is 1. The molecule has 0 aliphatic carbocycles. The topological polar surface area (TPSA) is 142 Å². The molecule has 2 aromatic rings. The molecule has 12 heteroatoms. The Kier molecular flexibility index (Phi) is 8.10. The fourth-order valence-electron chi connectivity index (χ4n) is 3.10. The van der Waals surface area contributed by atoms with E-state index in [0.717, 1.165) is 30.3 Å². The number of benzene rings is 2. The van der Waals surface area contributed by atoms with Crippen molar-refractivity contribution in [1.29, 1.82) is 0 Å². The number of rotatable bonds is 9. The minimum atomic E-state index is -4.69. The predicted molar refractivity (Wildman–Crippen MR) is 109 cm³/mol. The van der Waals surface area contributed by atoms with E-state index in [4.69, 9.17) is 10.5 Å². The van der Waals surface area contributed by atoms with Crippen LogP contribution in [0.2, 0.25) is 0 Å². The molecule has 0 saturated heterocycles. The summed E-state index contributed by atoms with van der Waals surface area (Å²) in [6.07, 6.45) is -5.12. The number of nitrogens with zero attached hydrogens (tertiary/aromatic N) is 1. The number of nitrogens with one attached hydrogen (secondary N) is 1. The summed E-state index contributed by atoms with van der Waals surface area (Å²) in [5.74, 6) is -3.93.